The molecule has 1 aromatic carbocycles. The number of carbonyl (C=O) groups is 1. The lowest BCUT2D eigenvalue weighted by molar-refractivity contribution is -0.155. The van der Waals surface area contributed by atoms with Gasteiger partial charge >= 0.3 is 5.97 Å². The van der Waals surface area contributed by atoms with Crippen LogP contribution < -0.4 is 0 Å². The maximum atomic E-state index is 12.1. The van der Waals surface area contributed by atoms with Crippen LogP contribution in [-0.2, 0) is 9.53 Å². The summed E-state index contributed by atoms with van der Waals surface area (Å²) in [5.74, 6) is 1.34. The number of aromatic nitrogens is 1. The third kappa shape index (κ3) is 4.41. The molecule has 5 atom stereocenters. The van der Waals surface area contributed by atoms with Crippen LogP contribution in [0.2, 0.25) is 19.0 Å². The number of ether oxygens (including phenoxy) is 1. The Balaban J connectivity index is 1.56. The van der Waals surface area contributed by atoms with E-state index in [1.807, 2.05) is 30.5 Å². The number of fused-ring (bicyclic) bond motifs is 4. The summed E-state index contributed by atoms with van der Waals surface area (Å²) in [5.41, 5.74) is 2.06. The number of para-hydroxylation sites is 1. The standard InChI is InChI=1S/C25H35BN2O2/c1-4-26(5-2)13-10-20-17-28-15-12-19(20)16-24(28)25(30-18(3)29)22-11-14-27-23-9-7-6-8-21(22)23/h6-9,11,14,19-20,24-25H,4-5,10,12-13,15-17H2,1-3H3/t19?,20?,24?,25-/m1/s1. The SMILES string of the molecule is CCB(CC)CCC1CN2CCC1CC2[C@H](OC(C)=O)c1ccnc2ccccc12. The molecule has 0 spiro atoms. The van der Waals surface area contributed by atoms with Gasteiger partial charge < -0.3 is 4.74 Å². The third-order valence-electron chi connectivity index (χ3n) is 7.67. The number of carbonyl (C=O) groups excluding carboxylic acids is 1. The van der Waals surface area contributed by atoms with Gasteiger partial charge in [-0.15, -0.1) is 0 Å². The van der Waals surface area contributed by atoms with Crippen molar-refractivity contribution in [1.29, 1.82) is 0 Å². The number of piperidine rings is 3. The minimum absolute atomic E-state index is 0.200. The van der Waals surface area contributed by atoms with Crippen molar-refractivity contribution in [3.63, 3.8) is 0 Å². The fraction of sp³-hybridized carbons (Fsp3) is 0.600. The van der Waals surface area contributed by atoms with Crippen molar-refractivity contribution in [3.05, 3.63) is 42.1 Å². The summed E-state index contributed by atoms with van der Waals surface area (Å²) in [6.45, 7) is 9.32. The van der Waals surface area contributed by atoms with Gasteiger partial charge in [0.1, 0.15) is 12.8 Å². The topological polar surface area (TPSA) is 42.4 Å². The van der Waals surface area contributed by atoms with E-state index in [9.17, 15) is 4.79 Å². The Morgan fingerprint density at radius 3 is 2.77 bits per heavy atom. The van der Waals surface area contributed by atoms with Crippen molar-refractivity contribution in [3.8, 4) is 0 Å². The molecule has 0 N–H and O–H groups in total. The largest absolute Gasteiger partial charge is 0.456 e. The monoisotopic (exact) mass is 406 g/mol. The van der Waals surface area contributed by atoms with Crippen LogP contribution in [0.4, 0.5) is 0 Å². The van der Waals surface area contributed by atoms with E-state index in [1.54, 1.807) is 0 Å². The highest BCUT2D eigenvalue weighted by Gasteiger charge is 2.44. The molecular weight excluding hydrogens is 371 g/mol. The quantitative estimate of drug-likeness (QED) is 0.430. The average Bonchev–Trinajstić information content (AvgIpc) is 2.78. The molecule has 0 aliphatic carbocycles. The molecule has 5 heteroatoms. The van der Waals surface area contributed by atoms with Crippen molar-refractivity contribution in [1.82, 2.24) is 9.88 Å². The first-order chi connectivity index (χ1) is 14.6. The van der Waals surface area contributed by atoms with Crippen molar-refractivity contribution >= 4 is 23.6 Å². The fourth-order valence-electron chi connectivity index (χ4n) is 5.86. The number of hydrogen-bond donors (Lipinski definition) is 0. The fourth-order valence-corrected chi connectivity index (χ4v) is 5.86. The van der Waals surface area contributed by atoms with E-state index >= 15 is 0 Å². The maximum Gasteiger partial charge on any atom is 0.303 e. The van der Waals surface area contributed by atoms with Crippen LogP contribution in [0.1, 0.15) is 51.7 Å². The predicted octanol–water partition coefficient (Wildman–Crippen LogP) is 5.47. The van der Waals surface area contributed by atoms with Crippen LogP contribution in [0.3, 0.4) is 0 Å². The molecule has 3 fully saturated rings. The smallest absolute Gasteiger partial charge is 0.303 e. The molecule has 4 heterocycles. The molecule has 0 saturated carbocycles. The van der Waals surface area contributed by atoms with E-state index < -0.39 is 0 Å². The zero-order valence-corrected chi connectivity index (χ0v) is 18.7. The Labute approximate surface area is 181 Å². The molecule has 4 nitrogen and oxygen atoms in total. The molecule has 3 aliphatic rings. The van der Waals surface area contributed by atoms with Gasteiger partial charge in [0.25, 0.3) is 0 Å². The van der Waals surface area contributed by atoms with Gasteiger partial charge in [0.05, 0.1) is 11.6 Å². The highest BCUT2D eigenvalue weighted by molar-refractivity contribution is 6.58. The molecule has 2 bridgehead atoms. The molecule has 3 saturated heterocycles. The van der Waals surface area contributed by atoms with Gasteiger partial charge in [0, 0.05) is 30.6 Å². The van der Waals surface area contributed by atoms with E-state index in [-0.39, 0.29) is 18.1 Å². The average molecular weight is 406 g/mol. The number of nitrogens with zero attached hydrogens (tertiary/aromatic N) is 2. The summed E-state index contributed by atoms with van der Waals surface area (Å²) in [6, 6.07) is 10.5. The highest BCUT2D eigenvalue weighted by Crippen LogP contribution is 2.44. The number of esters is 1. The van der Waals surface area contributed by atoms with Gasteiger partial charge in [0.15, 0.2) is 0 Å². The van der Waals surface area contributed by atoms with Crippen LogP contribution in [-0.4, -0.2) is 41.7 Å². The zero-order chi connectivity index (χ0) is 21.1. The second-order valence-corrected chi connectivity index (χ2v) is 9.31. The zero-order valence-electron chi connectivity index (χ0n) is 18.7. The van der Waals surface area contributed by atoms with Crippen LogP contribution in [0.15, 0.2) is 36.5 Å². The summed E-state index contributed by atoms with van der Waals surface area (Å²) in [5, 5.41) is 1.10. The molecule has 0 amide bonds. The van der Waals surface area contributed by atoms with E-state index in [2.05, 4.69) is 29.8 Å². The number of benzene rings is 1. The van der Waals surface area contributed by atoms with Gasteiger partial charge in [-0.05, 0) is 43.4 Å². The second-order valence-electron chi connectivity index (χ2n) is 9.31. The van der Waals surface area contributed by atoms with E-state index in [4.69, 9.17) is 4.74 Å². The second kappa shape index (κ2) is 9.51. The predicted molar refractivity (Wildman–Crippen MR) is 124 cm³/mol. The summed E-state index contributed by atoms with van der Waals surface area (Å²) >= 11 is 0. The first-order valence-electron chi connectivity index (χ1n) is 11.9. The summed E-state index contributed by atoms with van der Waals surface area (Å²) in [4.78, 5) is 19.2. The number of hydrogen-bond acceptors (Lipinski definition) is 4. The summed E-state index contributed by atoms with van der Waals surface area (Å²) < 4.78 is 6.00. The summed E-state index contributed by atoms with van der Waals surface area (Å²) in [6.07, 6.45) is 9.33. The Bertz CT molecular complexity index is 864. The van der Waals surface area contributed by atoms with E-state index in [0.29, 0.717) is 0 Å². The lowest BCUT2D eigenvalue weighted by Gasteiger charge is -2.52. The van der Waals surface area contributed by atoms with E-state index in [0.717, 1.165) is 54.5 Å². The first-order valence-corrected chi connectivity index (χ1v) is 11.9. The van der Waals surface area contributed by atoms with Gasteiger partial charge in [-0.25, -0.2) is 0 Å². The molecule has 160 valence electrons. The van der Waals surface area contributed by atoms with Crippen LogP contribution in [0.5, 0.6) is 0 Å². The molecule has 4 unspecified atom stereocenters. The Kier molecular flexibility index (Phi) is 6.77. The molecule has 0 radical (unpaired) electrons. The van der Waals surface area contributed by atoms with Crippen LogP contribution in [0.25, 0.3) is 10.9 Å². The van der Waals surface area contributed by atoms with Gasteiger partial charge in [-0.3, -0.25) is 14.7 Å². The molecule has 30 heavy (non-hydrogen) atoms. The minimum atomic E-state index is -0.224. The molecule has 2 aromatic rings. The third-order valence-corrected chi connectivity index (χ3v) is 7.67. The molecule has 1 aromatic heterocycles. The van der Waals surface area contributed by atoms with Crippen LogP contribution in [0, 0.1) is 11.8 Å². The van der Waals surface area contributed by atoms with Crippen molar-refractivity contribution in [2.45, 2.75) is 71.1 Å². The van der Waals surface area contributed by atoms with Crippen molar-refractivity contribution < 1.29 is 9.53 Å². The molecule has 3 aliphatic heterocycles. The first kappa shape index (κ1) is 21.4. The molecular formula is C25H35BN2O2. The lowest BCUT2D eigenvalue weighted by atomic mass is 9.42. The molecule has 5 rings (SSSR count). The normalized spacial score (nSPS) is 26.5. The van der Waals surface area contributed by atoms with Crippen molar-refractivity contribution in [2.75, 3.05) is 13.1 Å². The van der Waals surface area contributed by atoms with Crippen molar-refractivity contribution in [2.24, 2.45) is 11.8 Å². The highest BCUT2D eigenvalue weighted by atomic mass is 16.5. The van der Waals surface area contributed by atoms with Crippen LogP contribution >= 0.6 is 0 Å². The van der Waals surface area contributed by atoms with E-state index in [1.165, 1.54) is 38.7 Å². The Morgan fingerprint density at radius 1 is 1.27 bits per heavy atom. The van der Waals surface area contributed by atoms with Gasteiger partial charge in [-0.2, -0.15) is 0 Å². The Hall–Kier alpha value is -1.88. The number of pyridine rings is 1. The van der Waals surface area contributed by atoms with Gasteiger partial charge in [-0.1, -0.05) is 57.4 Å². The minimum Gasteiger partial charge on any atom is -0.456 e. The number of rotatable bonds is 8. The summed E-state index contributed by atoms with van der Waals surface area (Å²) in [7, 11) is 0. The maximum absolute atomic E-state index is 12.1. The van der Waals surface area contributed by atoms with Gasteiger partial charge in [0.2, 0.25) is 0 Å². The Morgan fingerprint density at radius 2 is 2.07 bits per heavy atom. The lowest BCUT2D eigenvalue weighted by Crippen LogP contribution is -2.55.